The topological polar surface area (TPSA) is 116 Å². The lowest BCUT2D eigenvalue weighted by Gasteiger charge is -2.55. The maximum absolute atomic E-state index is 12.3. The number of nitrogens with zero attached hydrogens (tertiary/aromatic N) is 4. The van der Waals surface area contributed by atoms with E-state index < -0.39 is 23.2 Å². The molecule has 3 aromatic rings. The van der Waals surface area contributed by atoms with Gasteiger partial charge in [-0.3, -0.25) is 4.98 Å². The van der Waals surface area contributed by atoms with Gasteiger partial charge in [-0.05, 0) is 37.1 Å². The first-order chi connectivity index (χ1) is 15.5. The third-order valence-electron chi connectivity index (χ3n) is 6.72. The van der Waals surface area contributed by atoms with E-state index in [4.69, 9.17) is 4.52 Å². The van der Waals surface area contributed by atoms with Crippen molar-refractivity contribution in [3.05, 3.63) is 65.3 Å². The molecule has 3 heterocycles. The Morgan fingerprint density at radius 3 is 2.36 bits per heavy atom. The fourth-order valence-electron chi connectivity index (χ4n) is 4.73. The zero-order chi connectivity index (χ0) is 24.0. The molecule has 176 valence electrons. The summed E-state index contributed by atoms with van der Waals surface area (Å²) in [4.78, 5) is 10.8. The van der Waals surface area contributed by atoms with E-state index in [1.54, 1.807) is 12.4 Å². The number of likely N-dealkylation sites (tertiary alicyclic amines) is 1. The zero-order valence-electron chi connectivity index (χ0n) is 19.8. The maximum atomic E-state index is 12.3. The predicted octanol–water partition coefficient (Wildman–Crippen LogP) is 2.64. The van der Waals surface area contributed by atoms with Crippen molar-refractivity contribution in [3.8, 4) is 11.4 Å². The number of benzene rings is 1. The largest absolute Gasteiger partial charge is 0.393 e. The average Bonchev–Trinajstić information content (AvgIpc) is 3.29. The summed E-state index contributed by atoms with van der Waals surface area (Å²) in [6, 6.07) is 9.94. The Bertz CT molecular complexity index is 1120. The van der Waals surface area contributed by atoms with E-state index in [0.717, 1.165) is 18.7 Å². The van der Waals surface area contributed by atoms with Crippen LogP contribution in [0.1, 0.15) is 56.2 Å². The van der Waals surface area contributed by atoms with Gasteiger partial charge in [0.2, 0.25) is 5.82 Å². The summed E-state index contributed by atoms with van der Waals surface area (Å²) in [6.07, 6.45) is 3.26. The van der Waals surface area contributed by atoms with Crippen molar-refractivity contribution in [1.29, 1.82) is 0 Å². The molecule has 2 atom stereocenters. The van der Waals surface area contributed by atoms with E-state index in [-0.39, 0.29) is 11.7 Å². The van der Waals surface area contributed by atoms with Gasteiger partial charge < -0.3 is 24.7 Å². The van der Waals surface area contributed by atoms with Crippen molar-refractivity contribution in [2.24, 2.45) is 5.41 Å². The van der Waals surface area contributed by atoms with Gasteiger partial charge in [-0.25, -0.2) is 0 Å². The number of hydrogen-bond acceptors (Lipinski definition) is 8. The van der Waals surface area contributed by atoms with Crippen LogP contribution in [0.15, 0.2) is 47.2 Å². The second-order valence-corrected chi connectivity index (χ2v) is 10.0. The summed E-state index contributed by atoms with van der Waals surface area (Å²) < 4.78 is 5.17. The average molecular weight is 453 g/mol. The monoisotopic (exact) mass is 452 g/mol. The smallest absolute Gasteiger partial charge is 0.261 e. The van der Waals surface area contributed by atoms with Crippen LogP contribution in [0, 0.1) is 5.41 Å². The minimum absolute atomic E-state index is 0.0856. The Labute approximate surface area is 193 Å². The second-order valence-electron chi connectivity index (χ2n) is 10.0. The Morgan fingerprint density at radius 1 is 1.12 bits per heavy atom. The van der Waals surface area contributed by atoms with E-state index in [9.17, 15) is 15.3 Å². The highest BCUT2D eigenvalue weighted by atomic mass is 16.5. The van der Waals surface area contributed by atoms with Crippen molar-refractivity contribution in [2.75, 3.05) is 26.7 Å². The molecule has 0 bridgehead atoms. The molecular formula is C25H32N4O4. The summed E-state index contributed by atoms with van der Waals surface area (Å²) in [6.45, 7) is 8.67. The first kappa shape index (κ1) is 23.5. The molecule has 2 aromatic heterocycles. The lowest BCUT2D eigenvalue weighted by molar-refractivity contribution is -0.127. The summed E-state index contributed by atoms with van der Waals surface area (Å²) >= 11 is 0. The predicted molar refractivity (Wildman–Crippen MR) is 123 cm³/mol. The summed E-state index contributed by atoms with van der Waals surface area (Å²) in [5, 5.41) is 35.9. The summed E-state index contributed by atoms with van der Waals surface area (Å²) in [5.41, 5.74) is -0.166. The molecule has 2 unspecified atom stereocenters. The van der Waals surface area contributed by atoms with Crippen LogP contribution in [-0.2, 0) is 11.2 Å². The van der Waals surface area contributed by atoms with E-state index in [0.29, 0.717) is 17.0 Å². The molecule has 1 fully saturated rings. The van der Waals surface area contributed by atoms with Gasteiger partial charge in [0.1, 0.15) is 5.60 Å². The first-order valence-corrected chi connectivity index (χ1v) is 11.1. The number of pyridine rings is 1. The molecule has 1 aromatic carbocycles. The highest BCUT2D eigenvalue weighted by Crippen LogP contribution is 2.50. The van der Waals surface area contributed by atoms with E-state index in [1.165, 1.54) is 12.5 Å². The summed E-state index contributed by atoms with van der Waals surface area (Å²) in [7, 11) is 2.03. The van der Waals surface area contributed by atoms with Gasteiger partial charge in [-0.2, -0.15) is 4.98 Å². The number of aliphatic hydroxyl groups is 3. The SMILES string of the molecule is CC(C)c1ccc(C(O)(c2cncc(-c3noc(C(C)(O)CO)n3)c2)C2(C)CN(C)C2)cc1. The maximum Gasteiger partial charge on any atom is 0.261 e. The molecule has 4 rings (SSSR count). The van der Waals surface area contributed by atoms with Crippen LogP contribution in [-0.4, -0.2) is 62.1 Å². The lowest BCUT2D eigenvalue weighted by Crippen LogP contribution is -2.63. The lowest BCUT2D eigenvalue weighted by atomic mass is 9.62. The Kier molecular flexibility index (Phi) is 5.90. The molecule has 3 N–H and O–H groups in total. The highest BCUT2D eigenvalue weighted by Gasteiger charge is 2.55. The normalized spacial score (nSPS) is 19.7. The number of rotatable bonds is 7. The van der Waals surface area contributed by atoms with Crippen molar-refractivity contribution in [2.45, 2.75) is 44.8 Å². The third kappa shape index (κ3) is 3.97. The van der Waals surface area contributed by atoms with E-state index in [2.05, 4.69) is 52.9 Å². The molecule has 1 saturated heterocycles. The molecule has 0 aliphatic carbocycles. The van der Waals surface area contributed by atoms with Crippen molar-refractivity contribution in [1.82, 2.24) is 20.0 Å². The van der Waals surface area contributed by atoms with Crippen molar-refractivity contribution in [3.63, 3.8) is 0 Å². The van der Waals surface area contributed by atoms with Gasteiger partial charge >= 0.3 is 0 Å². The summed E-state index contributed by atoms with van der Waals surface area (Å²) in [5.74, 6) is 0.533. The quantitative estimate of drug-likeness (QED) is 0.501. The fraction of sp³-hybridized carbons (Fsp3) is 0.480. The fourth-order valence-corrected chi connectivity index (χ4v) is 4.73. The van der Waals surface area contributed by atoms with Gasteiger partial charge in [-0.15, -0.1) is 0 Å². The van der Waals surface area contributed by atoms with Crippen molar-refractivity contribution >= 4 is 0 Å². The zero-order valence-corrected chi connectivity index (χ0v) is 19.8. The van der Waals surface area contributed by atoms with Gasteiger partial charge in [-0.1, -0.05) is 50.2 Å². The molecule has 0 spiro atoms. The molecule has 8 heteroatoms. The molecule has 8 nitrogen and oxygen atoms in total. The van der Waals surface area contributed by atoms with E-state index >= 15 is 0 Å². The minimum Gasteiger partial charge on any atom is -0.393 e. The first-order valence-electron chi connectivity index (χ1n) is 11.1. The Balaban J connectivity index is 1.79. The van der Waals surface area contributed by atoms with Gasteiger partial charge in [0.25, 0.3) is 5.89 Å². The number of hydrogen-bond donors (Lipinski definition) is 3. The molecule has 1 aliphatic heterocycles. The van der Waals surface area contributed by atoms with Gasteiger partial charge in [0, 0.05) is 42.0 Å². The van der Waals surface area contributed by atoms with Crippen LogP contribution in [0.3, 0.4) is 0 Å². The molecular weight excluding hydrogens is 420 g/mol. The Hall–Kier alpha value is -2.65. The third-order valence-corrected chi connectivity index (χ3v) is 6.72. The standard InChI is InChI=1S/C25H32N4O4/c1-16(2)17-6-8-19(9-7-17)25(32,23(3)13-29(5)14-23)20-10-18(11-26-12-20)21-27-22(33-28-21)24(4,31)15-30/h6-12,16,30-32H,13-15H2,1-5H3. The van der Waals surface area contributed by atoms with Crippen LogP contribution in [0.2, 0.25) is 0 Å². The number of aliphatic hydroxyl groups excluding tert-OH is 1. The Morgan fingerprint density at radius 2 is 1.79 bits per heavy atom. The van der Waals surface area contributed by atoms with Crippen molar-refractivity contribution < 1.29 is 19.8 Å². The van der Waals surface area contributed by atoms with Crippen LogP contribution in [0.25, 0.3) is 11.4 Å². The van der Waals surface area contributed by atoms with Gasteiger partial charge in [0.15, 0.2) is 5.60 Å². The van der Waals surface area contributed by atoms with Crippen LogP contribution >= 0.6 is 0 Å². The molecule has 0 amide bonds. The second kappa shape index (κ2) is 8.29. The molecule has 0 saturated carbocycles. The van der Waals surface area contributed by atoms with Crippen LogP contribution in [0.5, 0.6) is 0 Å². The molecule has 33 heavy (non-hydrogen) atoms. The molecule has 0 radical (unpaired) electrons. The van der Waals surface area contributed by atoms with E-state index in [1.807, 2.05) is 25.2 Å². The minimum atomic E-state index is -1.64. The molecule has 1 aliphatic rings. The van der Waals surface area contributed by atoms with Crippen LogP contribution < -0.4 is 0 Å². The highest BCUT2D eigenvalue weighted by molar-refractivity contribution is 5.56. The number of aromatic nitrogens is 3. The van der Waals surface area contributed by atoms with Crippen LogP contribution in [0.4, 0.5) is 0 Å². The van der Waals surface area contributed by atoms with Gasteiger partial charge in [0.05, 0.1) is 6.61 Å².